The summed E-state index contributed by atoms with van der Waals surface area (Å²) in [7, 11) is 0. The van der Waals surface area contributed by atoms with E-state index in [0.717, 1.165) is 13.0 Å². The van der Waals surface area contributed by atoms with Crippen molar-refractivity contribution in [3.8, 4) is 0 Å². The third-order valence-electron chi connectivity index (χ3n) is 2.76. The van der Waals surface area contributed by atoms with E-state index in [4.69, 9.17) is 0 Å². The van der Waals surface area contributed by atoms with Crippen LogP contribution in [-0.4, -0.2) is 9.55 Å². The Morgan fingerprint density at radius 1 is 1.06 bits per heavy atom. The Balaban J connectivity index is 0.000000509. The first-order chi connectivity index (χ1) is 7.49. The Morgan fingerprint density at radius 3 is 2.00 bits per heavy atom. The number of imidazole rings is 1. The molecule has 0 amide bonds. The molecular formula is C14H28N2. The average molecular weight is 224 g/mol. The van der Waals surface area contributed by atoms with Gasteiger partial charge in [-0.3, -0.25) is 0 Å². The molecule has 2 nitrogen and oxygen atoms in total. The van der Waals surface area contributed by atoms with E-state index in [1.807, 2.05) is 27.7 Å². The molecule has 0 fully saturated rings. The average Bonchev–Trinajstić information content (AvgIpc) is 2.69. The highest BCUT2D eigenvalue weighted by Crippen LogP contribution is 2.32. The number of aromatic nitrogens is 2. The second kappa shape index (κ2) is 6.07. The molecule has 0 aromatic carbocycles. The molecule has 1 aromatic rings. The van der Waals surface area contributed by atoms with Gasteiger partial charge in [0.05, 0.1) is 5.69 Å². The lowest BCUT2D eigenvalue weighted by atomic mass is 9.92. The molecule has 2 heteroatoms. The van der Waals surface area contributed by atoms with Gasteiger partial charge in [0, 0.05) is 18.7 Å². The largest absolute Gasteiger partial charge is 0.331 e. The Hall–Kier alpha value is -0.790. The molecule has 0 spiro atoms. The van der Waals surface area contributed by atoms with Gasteiger partial charge in [-0.25, -0.2) is 4.98 Å². The molecule has 0 aliphatic carbocycles. The van der Waals surface area contributed by atoms with Crippen molar-refractivity contribution in [3.05, 3.63) is 17.2 Å². The zero-order chi connectivity index (χ0) is 12.9. The minimum atomic E-state index is 0.417. The van der Waals surface area contributed by atoms with Crippen LogP contribution in [0.1, 0.15) is 58.8 Å². The summed E-state index contributed by atoms with van der Waals surface area (Å²) >= 11 is 0. The highest BCUT2D eigenvalue weighted by atomic mass is 15.1. The van der Waals surface area contributed by atoms with Gasteiger partial charge in [0.15, 0.2) is 0 Å². The lowest BCUT2D eigenvalue weighted by molar-refractivity contribution is 0.355. The van der Waals surface area contributed by atoms with E-state index >= 15 is 0 Å². The summed E-state index contributed by atoms with van der Waals surface area (Å²) < 4.78 is 2.36. The van der Waals surface area contributed by atoms with Crippen molar-refractivity contribution < 1.29 is 0 Å². The maximum atomic E-state index is 4.55. The Bertz CT molecular complexity index is 322. The van der Waals surface area contributed by atoms with E-state index in [-0.39, 0.29) is 0 Å². The number of hydrogen-bond acceptors (Lipinski definition) is 1. The van der Waals surface area contributed by atoms with Gasteiger partial charge in [0.25, 0.3) is 0 Å². The Labute approximate surface area is 101 Å². The van der Waals surface area contributed by atoms with Crippen LogP contribution in [0.15, 0.2) is 0 Å². The van der Waals surface area contributed by atoms with Crippen LogP contribution in [-0.2, 0) is 13.0 Å². The highest BCUT2D eigenvalue weighted by Gasteiger charge is 2.30. The first kappa shape index (κ1) is 15.2. The zero-order valence-electron chi connectivity index (χ0n) is 12.3. The van der Waals surface area contributed by atoms with E-state index in [9.17, 15) is 0 Å². The number of rotatable bonds is 0. The van der Waals surface area contributed by atoms with Crippen molar-refractivity contribution in [3.63, 3.8) is 0 Å². The predicted molar refractivity (Wildman–Crippen MR) is 71.9 cm³/mol. The molecule has 94 valence electrons. The second-order valence-corrected chi connectivity index (χ2v) is 4.63. The van der Waals surface area contributed by atoms with Gasteiger partial charge >= 0.3 is 0 Å². The van der Waals surface area contributed by atoms with Crippen LogP contribution in [0.2, 0.25) is 0 Å². The van der Waals surface area contributed by atoms with E-state index in [1.165, 1.54) is 17.2 Å². The first-order valence-electron chi connectivity index (χ1n) is 6.52. The Morgan fingerprint density at radius 2 is 1.56 bits per heavy atom. The van der Waals surface area contributed by atoms with Crippen molar-refractivity contribution in [1.29, 1.82) is 0 Å². The van der Waals surface area contributed by atoms with Gasteiger partial charge in [0.1, 0.15) is 5.82 Å². The molecular weight excluding hydrogens is 196 g/mol. The fourth-order valence-electron chi connectivity index (χ4n) is 1.98. The third kappa shape index (κ3) is 3.10. The fraction of sp³-hybridized carbons (Fsp3) is 0.786. The molecule has 0 unspecified atom stereocenters. The number of aryl methyl sites for hydroxylation is 1. The molecule has 0 saturated carbocycles. The molecule has 1 aromatic heterocycles. The third-order valence-corrected chi connectivity index (χ3v) is 2.76. The van der Waals surface area contributed by atoms with Gasteiger partial charge in [0.2, 0.25) is 0 Å². The predicted octanol–water partition coefficient (Wildman–Crippen LogP) is 4.13. The van der Waals surface area contributed by atoms with Crippen molar-refractivity contribution >= 4 is 0 Å². The van der Waals surface area contributed by atoms with E-state index < -0.39 is 0 Å². The van der Waals surface area contributed by atoms with E-state index in [1.54, 1.807) is 0 Å². The molecule has 1 aliphatic heterocycles. The monoisotopic (exact) mass is 224 g/mol. The summed E-state index contributed by atoms with van der Waals surface area (Å²) in [5.41, 5.74) is 2.96. The number of fused-ring (bicyclic) bond motifs is 1. The SMILES string of the molecule is CC.CC.Cc1nc2n(c1C)CC(C)(C)C2. The number of nitrogens with zero attached hydrogens (tertiary/aromatic N) is 2. The van der Waals surface area contributed by atoms with Crippen molar-refractivity contribution in [2.24, 2.45) is 5.41 Å². The van der Waals surface area contributed by atoms with Crippen LogP contribution >= 0.6 is 0 Å². The standard InChI is InChI=1S/C10H16N2.2C2H6/c1-7-8(2)12-6-10(3,4)5-9(12)11-7;2*1-2/h5-6H2,1-4H3;2*1-2H3. The van der Waals surface area contributed by atoms with Gasteiger partial charge in [-0.1, -0.05) is 41.5 Å². The molecule has 0 radical (unpaired) electrons. The zero-order valence-corrected chi connectivity index (χ0v) is 12.3. The lowest BCUT2D eigenvalue weighted by Gasteiger charge is -2.15. The molecule has 0 saturated heterocycles. The topological polar surface area (TPSA) is 17.8 Å². The molecule has 1 aliphatic rings. The molecule has 16 heavy (non-hydrogen) atoms. The minimum Gasteiger partial charge on any atom is -0.331 e. The molecule has 0 atom stereocenters. The highest BCUT2D eigenvalue weighted by molar-refractivity contribution is 5.18. The maximum absolute atomic E-state index is 4.55. The van der Waals surface area contributed by atoms with E-state index in [2.05, 4.69) is 37.2 Å². The van der Waals surface area contributed by atoms with Crippen LogP contribution in [0, 0.1) is 19.3 Å². The van der Waals surface area contributed by atoms with Gasteiger partial charge in [-0.05, 0) is 19.3 Å². The first-order valence-corrected chi connectivity index (χ1v) is 6.52. The summed E-state index contributed by atoms with van der Waals surface area (Å²) in [6.07, 6.45) is 1.13. The molecule has 0 N–H and O–H groups in total. The number of hydrogen-bond donors (Lipinski definition) is 0. The minimum absolute atomic E-state index is 0.417. The lowest BCUT2D eigenvalue weighted by Crippen LogP contribution is -2.13. The molecule has 2 rings (SSSR count). The van der Waals surface area contributed by atoms with Crippen molar-refractivity contribution in [1.82, 2.24) is 9.55 Å². The van der Waals surface area contributed by atoms with Crippen LogP contribution in [0.4, 0.5) is 0 Å². The van der Waals surface area contributed by atoms with Crippen LogP contribution < -0.4 is 0 Å². The second-order valence-electron chi connectivity index (χ2n) is 4.63. The molecule has 2 heterocycles. The summed E-state index contributed by atoms with van der Waals surface area (Å²) in [4.78, 5) is 4.55. The van der Waals surface area contributed by atoms with Crippen molar-refractivity contribution in [2.45, 2.75) is 68.4 Å². The van der Waals surface area contributed by atoms with Crippen LogP contribution in [0.25, 0.3) is 0 Å². The van der Waals surface area contributed by atoms with Crippen LogP contribution in [0.5, 0.6) is 0 Å². The molecule has 0 bridgehead atoms. The quantitative estimate of drug-likeness (QED) is 0.648. The summed E-state index contributed by atoms with van der Waals surface area (Å²) in [6, 6.07) is 0. The Kier molecular flexibility index (Phi) is 5.77. The van der Waals surface area contributed by atoms with Gasteiger partial charge < -0.3 is 4.57 Å². The van der Waals surface area contributed by atoms with Gasteiger partial charge in [-0.15, -0.1) is 0 Å². The summed E-state index contributed by atoms with van der Waals surface area (Å²) in [5, 5.41) is 0. The smallest absolute Gasteiger partial charge is 0.109 e. The van der Waals surface area contributed by atoms with Crippen molar-refractivity contribution in [2.75, 3.05) is 0 Å². The normalized spacial score (nSPS) is 15.5. The van der Waals surface area contributed by atoms with Gasteiger partial charge in [-0.2, -0.15) is 0 Å². The summed E-state index contributed by atoms with van der Waals surface area (Å²) in [5.74, 6) is 1.27. The maximum Gasteiger partial charge on any atom is 0.109 e. The van der Waals surface area contributed by atoms with Crippen LogP contribution in [0.3, 0.4) is 0 Å². The van der Waals surface area contributed by atoms with E-state index in [0.29, 0.717) is 5.41 Å². The fourth-order valence-corrected chi connectivity index (χ4v) is 1.98. The summed E-state index contributed by atoms with van der Waals surface area (Å²) in [6.45, 7) is 18.0.